The topological polar surface area (TPSA) is 26.5 Å². The number of hydrogen-bond acceptors (Lipinski definition) is 1. The largest absolute Gasteiger partial charge is 0.200 e. The molecule has 0 aliphatic heterocycles. The maximum absolute atomic E-state index is 3.78. The minimum absolute atomic E-state index is 0.143. The predicted molar refractivity (Wildman–Crippen MR) is 29.7 cm³/mol. The lowest BCUT2D eigenvalue weighted by Crippen LogP contribution is -1.79. The third-order valence-electron chi connectivity index (χ3n) is 0.245. The normalized spacial score (nSPS) is 8.00. The van der Waals surface area contributed by atoms with Gasteiger partial charge >= 0.3 is 0 Å². The zero-order valence-corrected chi connectivity index (χ0v) is 5.12. The van der Waals surface area contributed by atoms with Crippen molar-refractivity contribution in [2.24, 2.45) is 5.11 Å². The van der Waals surface area contributed by atoms with E-state index in [-0.39, 0.29) is 10.7 Å². The van der Waals surface area contributed by atoms with Gasteiger partial charge in [-0.05, 0) is 0 Å². The Morgan fingerprint density at radius 2 is 2.00 bits per heavy atom. The Balaban J connectivity index is 3.73. The van der Waals surface area contributed by atoms with Gasteiger partial charge in [0.05, 0.1) is 21.8 Å². The maximum atomic E-state index is 3.78. The van der Waals surface area contributed by atoms with Crippen molar-refractivity contribution in [1.29, 1.82) is 0 Å². The molecule has 0 amide bonds. The van der Waals surface area contributed by atoms with E-state index in [0.717, 1.165) is 0 Å². The molecule has 0 saturated heterocycles. The Bertz CT molecular complexity index is 87.0. The molecule has 0 spiro atoms. The lowest BCUT2D eigenvalue weighted by atomic mass is 11.6. The quantitative estimate of drug-likeness (QED) is 0.311. The highest BCUT2D eigenvalue weighted by atomic mass is 32.2. The Kier molecular flexibility index (Phi) is 2.99. The van der Waals surface area contributed by atoms with Crippen molar-refractivity contribution in [3.05, 3.63) is 0 Å². The molecular formula is C3H9N2S+. The van der Waals surface area contributed by atoms with Gasteiger partial charge in [0.15, 0.2) is 0 Å². The van der Waals surface area contributed by atoms with Crippen molar-refractivity contribution in [2.45, 2.75) is 0 Å². The minimum atomic E-state index is 0.143. The first-order valence-electron chi connectivity index (χ1n) is 1.65. The van der Waals surface area contributed by atoms with Gasteiger partial charge in [-0.15, -0.1) is 0 Å². The highest BCUT2D eigenvalue weighted by molar-refractivity contribution is 7.85. The first kappa shape index (κ1) is 5.86. The van der Waals surface area contributed by atoms with E-state index in [1.54, 1.807) is 7.05 Å². The monoisotopic (exact) mass is 105 g/mol. The van der Waals surface area contributed by atoms with E-state index in [9.17, 15) is 0 Å². The average molecular weight is 105 g/mol. The SMILES string of the molecule is CN=[N+]=S(C)C. The molecule has 0 aliphatic rings. The Morgan fingerprint density at radius 1 is 1.50 bits per heavy atom. The highest BCUT2D eigenvalue weighted by Gasteiger charge is 1.77. The summed E-state index contributed by atoms with van der Waals surface area (Å²) in [6.45, 7) is 0. The molecule has 6 heavy (non-hydrogen) atoms. The Labute approximate surface area is 40.4 Å². The van der Waals surface area contributed by atoms with Gasteiger partial charge in [0.25, 0.3) is 0 Å². The van der Waals surface area contributed by atoms with Gasteiger partial charge in [0.1, 0.15) is 7.05 Å². The van der Waals surface area contributed by atoms with Crippen molar-refractivity contribution in [3.63, 3.8) is 0 Å². The molecule has 0 aliphatic carbocycles. The molecule has 0 rings (SSSR count). The van der Waals surface area contributed by atoms with Crippen molar-refractivity contribution in [1.82, 2.24) is 4.16 Å². The minimum Gasteiger partial charge on any atom is 0.0514 e. The summed E-state index contributed by atoms with van der Waals surface area (Å²) in [5.41, 5.74) is 0. The third kappa shape index (κ3) is 3.86. The zero-order chi connectivity index (χ0) is 4.99. The molecule has 0 saturated carbocycles. The van der Waals surface area contributed by atoms with Crippen LogP contribution >= 0.6 is 0 Å². The van der Waals surface area contributed by atoms with Crippen molar-refractivity contribution >= 4 is 10.7 Å². The molecule has 3 heteroatoms. The second-order valence-electron chi connectivity index (χ2n) is 1.06. The molecular weight excluding hydrogens is 96.1 g/mol. The van der Waals surface area contributed by atoms with E-state index in [2.05, 4.69) is 9.27 Å². The van der Waals surface area contributed by atoms with Gasteiger partial charge in [0.2, 0.25) is 10.7 Å². The standard InChI is InChI=1S/C3H9N2S/c1-4-5-6(2)3/h1-3H3/q+1. The summed E-state index contributed by atoms with van der Waals surface area (Å²) in [7, 11) is 1.83. The molecule has 0 aromatic carbocycles. The molecule has 0 unspecified atom stereocenters. The molecule has 0 aromatic rings. The number of nitrogens with zero attached hydrogens (tertiary/aromatic N) is 2. The van der Waals surface area contributed by atoms with Crippen LogP contribution in [0.3, 0.4) is 0 Å². The van der Waals surface area contributed by atoms with Gasteiger partial charge in [-0.1, -0.05) is 0 Å². The summed E-state index contributed by atoms with van der Waals surface area (Å²) < 4.78 is 3.78. The second kappa shape index (κ2) is 3.07. The van der Waals surface area contributed by atoms with E-state index < -0.39 is 0 Å². The smallest absolute Gasteiger partial charge is 0.0514 e. The van der Waals surface area contributed by atoms with Crippen molar-refractivity contribution in [2.75, 3.05) is 19.6 Å². The Hall–Kier alpha value is -0.140. The zero-order valence-electron chi connectivity index (χ0n) is 4.30. The summed E-state index contributed by atoms with van der Waals surface area (Å²) in [4.78, 5) is 0. The van der Waals surface area contributed by atoms with Gasteiger partial charge in [0, 0.05) is 0 Å². The van der Waals surface area contributed by atoms with Crippen molar-refractivity contribution < 1.29 is 0 Å². The van der Waals surface area contributed by atoms with Gasteiger partial charge in [-0.25, -0.2) is 0 Å². The molecule has 0 bridgehead atoms. The number of hydrogen-bond donors (Lipinski definition) is 0. The van der Waals surface area contributed by atoms with Gasteiger partial charge in [-0.3, -0.25) is 0 Å². The molecule has 0 fully saturated rings. The molecule has 0 atom stereocenters. The Morgan fingerprint density at radius 3 is 2.00 bits per heavy atom. The average Bonchev–Trinajstić information content (AvgIpc) is 1.35. The molecule has 0 aromatic heterocycles. The van der Waals surface area contributed by atoms with Crippen LogP contribution in [0.15, 0.2) is 5.11 Å². The first-order valence-corrected chi connectivity index (χ1v) is 3.64. The van der Waals surface area contributed by atoms with Crippen LogP contribution in [-0.2, 0) is 10.7 Å². The maximum Gasteiger partial charge on any atom is 0.200 e. The van der Waals surface area contributed by atoms with Crippen LogP contribution in [0, 0.1) is 0 Å². The van der Waals surface area contributed by atoms with E-state index in [1.807, 2.05) is 12.5 Å². The third-order valence-corrected chi connectivity index (χ3v) is 0.735. The highest BCUT2D eigenvalue weighted by Crippen LogP contribution is 1.53. The second-order valence-corrected chi connectivity index (χ2v) is 2.77. The summed E-state index contributed by atoms with van der Waals surface area (Å²) in [6, 6.07) is 0. The van der Waals surface area contributed by atoms with Crippen LogP contribution in [0.2, 0.25) is 0 Å². The van der Waals surface area contributed by atoms with Crippen LogP contribution in [0.25, 0.3) is 0 Å². The van der Waals surface area contributed by atoms with E-state index >= 15 is 0 Å². The van der Waals surface area contributed by atoms with Gasteiger partial charge in [-0.2, -0.15) is 0 Å². The van der Waals surface area contributed by atoms with Crippen LogP contribution in [0.4, 0.5) is 0 Å². The van der Waals surface area contributed by atoms with Crippen molar-refractivity contribution in [3.8, 4) is 0 Å². The summed E-state index contributed by atoms with van der Waals surface area (Å²) >= 11 is 0. The fourth-order valence-corrected chi connectivity index (χ4v) is 0.490. The summed E-state index contributed by atoms with van der Waals surface area (Å²) in [6.07, 6.45) is 4.04. The van der Waals surface area contributed by atoms with Crippen LogP contribution in [0.1, 0.15) is 0 Å². The van der Waals surface area contributed by atoms with E-state index in [4.69, 9.17) is 0 Å². The van der Waals surface area contributed by atoms with Crippen LogP contribution in [0.5, 0.6) is 0 Å². The fraction of sp³-hybridized carbons (Fsp3) is 1.00. The number of rotatable bonds is 0. The predicted octanol–water partition coefficient (Wildman–Crippen LogP) is 0.197. The van der Waals surface area contributed by atoms with Crippen LogP contribution < -0.4 is 4.16 Å². The summed E-state index contributed by atoms with van der Waals surface area (Å²) in [5.74, 6) is 0. The lowest BCUT2D eigenvalue weighted by molar-refractivity contribution is 1.19. The molecule has 0 radical (unpaired) electrons. The summed E-state index contributed by atoms with van der Waals surface area (Å²) in [5, 5.41) is 3.57. The molecule has 0 heterocycles. The van der Waals surface area contributed by atoms with E-state index in [0.29, 0.717) is 0 Å². The molecule has 0 N–H and O–H groups in total. The molecule has 2 nitrogen and oxygen atoms in total. The fourth-order valence-electron chi connectivity index (χ4n) is 0.163. The van der Waals surface area contributed by atoms with E-state index in [1.165, 1.54) is 0 Å². The van der Waals surface area contributed by atoms with Crippen LogP contribution in [-0.4, -0.2) is 19.6 Å². The molecule has 36 valence electrons. The first-order chi connectivity index (χ1) is 2.77. The lowest BCUT2D eigenvalue weighted by Gasteiger charge is -1.52. The van der Waals surface area contributed by atoms with Gasteiger partial charge < -0.3 is 0 Å².